The quantitative estimate of drug-likeness (QED) is 0.192. The van der Waals surface area contributed by atoms with Gasteiger partial charge in [0.25, 0.3) is 0 Å². The third-order valence-corrected chi connectivity index (χ3v) is 7.65. The van der Waals surface area contributed by atoms with Gasteiger partial charge in [-0.15, -0.1) is 22.7 Å². The second-order valence-corrected chi connectivity index (χ2v) is 11.1. The van der Waals surface area contributed by atoms with E-state index in [0.29, 0.717) is 0 Å². The van der Waals surface area contributed by atoms with Gasteiger partial charge in [-0.1, -0.05) is 47.1 Å². The first-order chi connectivity index (χ1) is 16.9. The van der Waals surface area contributed by atoms with Crippen molar-refractivity contribution in [3.8, 4) is 0 Å². The van der Waals surface area contributed by atoms with Crippen molar-refractivity contribution in [1.29, 1.82) is 0 Å². The third-order valence-electron chi connectivity index (χ3n) is 5.77. The van der Waals surface area contributed by atoms with Gasteiger partial charge < -0.3 is 9.84 Å². The van der Waals surface area contributed by atoms with Gasteiger partial charge in [0.2, 0.25) is 0 Å². The number of esters is 1. The highest BCUT2D eigenvalue weighted by atomic mass is 32.1. The first kappa shape index (κ1) is 29.0. The van der Waals surface area contributed by atoms with E-state index in [1.165, 1.54) is 16.7 Å². The maximum Gasteiger partial charge on any atom is 0.319 e. The van der Waals surface area contributed by atoms with Crippen LogP contribution in [-0.2, 0) is 9.53 Å². The molecule has 190 valence electrons. The molecule has 0 radical (unpaired) electrons. The number of carbonyl (C=O) groups is 1. The summed E-state index contributed by atoms with van der Waals surface area (Å²) in [6.45, 7) is 8.91. The summed E-state index contributed by atoms with van der Waals surface area (Å²) >= 11 is 3.16. The van der Waals surface area contributed by atoms with Gasteiger partial charge in [-0.2, -0.15) is 0 Å². The van der Waals surface area contributed by atoms with Crippen LogP contribution in [0.1, 0.15) is 81.9 Å². The average molecular weight is 513 g/mol. The summed E-state index contributed by atoms with van der Waals surface area (Å²) in [5, 5.41) is 13.7. The van der Waals surface area contributed by atoms with Crippen LogP contribution in [0.5, 0.6) is 0 Å². The number of carbonyl (C=O) groups excluding carboxylic acids is 1. The van der Waals surface area contributed by atoms with E-state index >= 15 is 0 Å². The van der Waals surface area contributed by atoms with E-state index in [2.05, 4.69) is 45.9 Å². The van der Waals surface area contributed by atoms with Crippen LogP contribution in [0, 0.1) is 0 Å². The van der Waals surface area contributed by atoms with Crippen molar-refractivity contribution in [3.63, 3.8) is 0 Å². The molecule has 2 rings (SSSR count). The second-order valence-electron chi connectivity index (χ2n) is 9.11. The predicted octanol–water partition coefficient (Wildman–Crippen LogP) is 8.60. The first-order valence-corrected chi connectivity index (χ1v) is 14.1. The van der Waals surface area contributed by atoms with Gasteiger partial charge in [0.1, 0.15) is 12.5 Å². The van der Waals surface area contributed by atoms with Crippen LogP contribution in [0.3, 0.4) is 0 Å². The largest absolute Gasteiger partial charge is 0.461 e. The molecule has 0 saturated carbocycles. The Balaban J connectivity index is 1.76. The van der Waals surface area contributed by atoms with Crippen molar-refractivity contribution < 1.29 is 14.6 Å². The zero-order valence-corrected chi connectivity index (χ0v) is 23.2. The van der Waals surface area contributed by atoms with Crippen LogP contribution in [0.4, 0.5) is 0 Å². The molecular formula is C30H40O3S2. The van der Waals surface area contributed by atoms with E-state index in [4.69, 9.17) is 4.74 Å². The lowest BCUT2D eigenvalue weighted by Crippen LogP contribution is -2.15. The van der Waals surface area contributed by atoms with Crippen LogP contribution in [0.15, 0.2) is 81.6 Å². The zero-order valence-electron chi connectivity index (χ0n) is 21.6. The number of rotatable bonds is 15. The van der Waals surface area contributed by atoms with Crippen molar-refractivity contribution in [2.24, 2.45) is 0 Å². The molecule has 2 heterocycles. The Bertz CT molecular complexity index is 954. The summed E-state index contributed by atoms with van der Waals surface area (Å²) < 4.78 is 5.62. The molecule has 2 aromatic rings. The highest BCUT2D eigenvalue weighted by Gasteiger charge is 2.26. The second kappa shape index (κ2) is 16.5. The molecule has 2 aromatic heterocycles. The Morgan fingerprint density at radius 3 is 1.97 bits per heavy atom. The Hall–Kier alpha value is -2.21. The van der Waals surface area contributed by atoms with Crippen molar-refractivity contribution in [2.75, 3.05) is 13.2 Å². The Labute approximate surface area is 219 Å². The Kier molecular flexibility index (Phi) is 13.6. The van der Waals surface area contributed by atoms with Gasteiger partial charge in [-0.05, 0) is 101 Å². The standard InChI is InChI=1S/C30H40O3S2/c1-23(2)10-5-11-24(3)12-6-14-26(22-31)15-7-13-25(4)18-19-33-30(32)29(27-16-8-20-34-27)28-17-9-21-35-28/h8-10,12,15-18,20-21,29,31H,5-7,11,13-14,19,22H2,1-4H3/b24-12+,25-18+,26-15-. The molecule has 0 aliphatic carbocycles. The monoisotopic (exact) mass is 512 g/mol. The number of aliphatic hydroxyl groups is 1. The topological polar surface area (TPSA) is 46.5 Å². The third kappa shape index (κ3) is 11.4. The summed E-state index contributed by atoms with van der Waals surface area (Å²) in [4.78, 5) is 14.8. The van der Waals surface area contributed by atoms with Crippen molar-refractivity contribution in [1.82, 2.24) is 0 Å². The predicted molar refractivity (Wildman–Crippen MR) is 151 cm³/mol. The molecule has 0 unspecified atom stereocenters. The summed E-state index contributed by atoms with van der Waals surface area (Å²) in [5.41, 5.74) is 5.05. The smallest absolute Gasteiger partial charge is 0.319 e. The molecule has 35 heavy (non-hydrogen) atoms. The van der Waals surface area contributed by atoms with Gasteiger partial charge in [0.15, 0.2) is 0 Å². The molecule has 0 amide bonds. The highest BCUT2D eigenvalue weighted by Crippen LogP contribution is 2.32. The molecule has 1 N–H and O–H groups in total. The van der Waals surface area contributed by atoms with Gasteiger partial charge in [0, 0.05) is 9.75 Å². The van der Waals surface area contributed by atoms with E-state index < -0.39 is 0 Å². The number of aliphatic hydroxyl groups excluding tert-OH is 1. The van der Waals surface area contributed by atoms with Gasteiger partial charge in [-0.25, -0.2) is 0 Å². The summed E-state index contributed by atoms with van der Waals surface area (Å²) in [6.07, 6.45) is 14.5. The summed E-state index contributed by atoms with van der Waals surface area (Å²) in [7, 11) is 0. The molecule has 0 bridgehead atoms. The maximum atomic E-state index is 12.8. The minimum atomic E-state index is -0.344. The van der Waals surface area contributed by atoms with Crippen LogP contribution in [0.25, 0.3) is 0 Å². The SMILES string of the molecule is CC(C)=CCC/C(C)=C/CC/C(=C/CC/C(C)=C/COC(=O)C(c1cccs1)c1cccs1)CO. The zero-order chi connectivity index (χ0) is 25.5. The normalized spacial score (nSPS) is 12.8. The number of ether oxygens (including phenoxy) is 1. The highest BCUT2D eigenvalue weighted by molar-refractivity contribution is 7.11. The Morgan fingerprint density at radius 2 is 1.43 bits per heavy atom. The molecule has 0 atom stereocenters. The summed E-state index contributed by atoms with van der Waals surface area (Å²) in [5.74, 6) is -0.547. The van der Waals surface area contributed by atoms with E-state index in [-0.39, 0.29) is 25.1 Å². The fourth-order valence-corrected chi connectivity index (χ4v) is 5.42. The maximum absolute atomic E-state index is 12.8. The lowest BCUT2D eigenvalue weighted by molar-refractivity contribution is -0.143. The molecule has 0 aromatic carbocycles. The van der Waals surface area contributed by atoms with E-state index in [0.717, 1.165) is 53.9 Å². The van der Waals surface area contributed by atoms with Gasteiger partial charge in [-0.3, -0.25) is 4.79 Å². The summed E-state index contributed by atoms with van der Waals surface area (Å²) in [6, 6.07) is 7.92. The van der Waals surface area contributed by atoms with Crippen molar-refractivity contribution in [3.05, 3.63) is 91.4 Å². The average Bonchev–Trinajstić information content (AvgIpc) is 3.53. The molecule has 3 nitrogen and oxygen atoms in total. The Morgan fingerprint density at radius 1 is 0.857 bits per heavy atom. The van der Waals surface area contributed by atoms with Crippen LogP contribution >= 0.6 is 22.7 Å². The fourth-order valence-electron chi connectivity index (χ4n) is 3.68. The van der Waals surface area contributed by atoms with E-state index in [9.17, 15) is 9.90 Å². The first-order valence-electron chi connectivity index (χ1n) is 12.4. The molecule has 0 aliphatic rings. The van der Waals surface area contributed by atoms with Gasteiger partial charge in [0.05, 0.1) is 6.61 Å². The minimum absolute atomic E-state index is 0.109. The molecule has 0 aliphatic heterocycles. The minimum Gasteiger partial charge on any atom is -0.461 e. The molecule has 5 heteroatoms. The van der Waals surface area contributed by atoms with Gasteiger partial charge >= 0.3 is 5.97 Å². The molecule has 0 spiro atoms. The van der Waals surface area contributed by atoms with Crippen molar-refractivity contribution in [2.45, 2.75) is 72.1 Å². The molecular weight excluding hydrogens is 472 g/mol. The van der Waals surface area contributed by atoms with Crippen LogP contribution in [-0.4, -0.2) is 24.3 Å². The lowest BCUT2D eigenvalue weighted by atomic mass is 10.0. The van der Waals surface area contributed by atoms with Crippen molar-refractivity contribution >= 4 is 28.6 Å². The lowest BCUT2D eigenvalue weighted by Gasteiger charge is -2.12. The number of allylic oxidation sites excluding steroid dienone is 6. The number of hydrogen-bond acceptors (Lipinski definition) is 5. The number of thiophene rings is 2. The van der Waals surface area contributed by atoms with Crippen LogP contribution < -0.4 is 0 Å². The van der Waals surface area contributed by atoms with Crippen LogP contribution in [0.2, 0.25) is 0 Å². The molecule has 0 fully saturated rings. The van der Waals surface area contributed by atoms with E-state index in [1.807, 2.05) is 41.1 Å². The molecule has 0 saturated heterocycles. The number of hydrogen-bond donors (Lipinski definition) is 1. The van der Waals surface area contributed by atoms with E-state index in [1.54, 1.807) is 22.7 Å². The fraction of sp³-hybridized carbons (Fsp3) is 0.433.